The minimum absolute atomic E-state index is 0. The Bertz CT molecular complexity index is 996. The largest absolute Gasteiger partial charge is 0.340 e. The van der Waals surface area contributed by atoms with E-state index < -0.39 is 12.2 Å². The molecule has 3 heterocycles. The van der Waals surface area contributed by atoms with E-state index in [0.717, 1.165) is 22.7 Å². The lowest BCUT2D eigenvalue weighted by Crippen LogP contribution is -2.50. The molecule has 2 aromatic heterocycles. The smallest absolute Gasteiger partial charge is 0.207 e. The van der Waals surface area contributed by atoms with E-state index in [1.165, 1.54) is 0 Å². The molecule has 0 bridgehead atoms. The molecule has 0 amide bonds. The Hall–Kier alpha value is -2.69. The minimum atomic E-state index is -0.975. The summed E-state index contributed by atoms with van der Waals surface area (Å²) in [6.07, 6.45) is 1.000. The third-order valence-electron chi connectivity index (χ3n) is 5.16. The normalized spacial score (nSPS) is 20.4. The Morgan fingerprint density at radius 2 is 2.07 bits per heavy atom. The van der Waals surface area contributed by atoms with Crippen LogP contribution >= 0.6 is 12.4 Å². The number of rotatable bonds is 3. The summed E-state index contributed by atoms with van der Waals surface area (Å²) >= 11 is 0. The summed E-state index contributed by atoms with van der Waals surface area (Å²) in [6.45, 7) is 3.05. The van der Waals surface area contributed by atoms with Crippen LogP contribution in [0.15, 0.2) is 42.6 Å². The third-order valence-corrected chi connectivity index (χ3v) is 5.16. The van der Waals surface area contributed by atoms with Crippen LogP contribution in [0.4, 0.5) is 10.3 Å². The number of para-hydroxylation sites is 2. The first-order valence-electron chi connectivity index (χ1n) is 9.06. The molecule has 4 rings (SSSR count). The summed E-state index contributed by atoms with van der Waals surface area (Å²) in [5.74, 6) is 0.775. The summed E-state index contributed by atoms with van der Waals surface area (Å²) in [4.78, 5) is 11.3. The molecule has 8 heteroatoms. The number of aromatic nitrogens is 3. The minimum Gasteiger partial charge on any atom is -0.340 e. The molecule has 28 heavy (non-hydrogen) atoms. The highest BCUT2D eigenvalue weighted by Crippen LogP contribution is 2.31. The van der Waals surface area contributed by atoms with E-state index in [-0.39, 0.29) is 18.4 Å². The van der Waals surface area contributed by atoms with Crippen molar-refractivity contribution in [1.29, 1.82) is 5.26 Å². The van der Waals surface area contributed by atoms with Crippen LogP contribution in [0.25, 0.3) is 11.0 Å². The van der Waals surface area contributed by atoms with Gasteiger partial charge in [0.05, 0.1) is 34.4 Å². The van der Waals surface area contributed by atoms with Crippen LogP contribution in [-0.4, -0.2) is 39.8 Å². The fraction of sp³-hybridized carbons (Fsp3) is 0.350. The number of hydrogen-bond donors (Lipinski definition) is 1. The molecular formula is C20H22ClFN6. The molecule has 0 spiro atoms. The number of anilines is 1. The fourth-order valence-electron chi connectivity index (χ4n) is 3.62. The summed E-state index contributed by atoms with van der Waals surface area (Å²) in [7, 11) is 0. The molecule has 3 atom stereocenters. The zero-order chi connectivity index (χ0) is 19.0. The number of alkyl halides is 1. The number of nitrogens with zero attached hydrogens (tertiary/aromatic N) is 5. The lowest BCUT2D eigenvalue weighted by Gasteiger charge is -2.34. The van der Waals surface area contributed by atoms with E-state index in [1.807, 2.05) is 37.3 Å². The van der Waals surface area contributed by atoms with E-state index >= 15 is 0 Å². The number of benzene rings is 1. The standard InChI is InChI=1S/C20H21FN6.ClH/c1-13(17-7-6-14(10-22)11-24-17)27-19-5-3-2-4-18(19)25-20(27)26-9-8-15(21)16(23)12-26;/h2-7,11,13,15-16H,8-9,12,23H2,1H3;1H/t13-,15+,16+;/m0./s1. The maximum atomic E-state index is 13.9. The van der Waals surface area contributed by atoms with Gasteiger partial charge in [0.1, 0.15) is 12.2 Å². The maximum Gasteiger partial charge on any atom is 0.207 e. The molecule has 1 saturated heterocycles. The van der Waals surface area contributed by atoms with Gasteiger partial charge in [0.2, 0.25) is 5.95 Å². The molecule has 2 N–H and O–H groups in total. The Kier molecular flexibility index (Phi) is 5.82. The molecule has 1 fully saturated rings. The van der Waals surface area contributed by atoms with Crippen molar-refractivity contribution >= 4 is 29.4 Å². The Morgan fingerprint density at radius 1 is 1.29 bits per heavy atom. The first-order chi connectivity index (χ1) is 13.1. The van der Waals surface area contributed by atoms with Gasteiger partial charge in [0.25, 0.3) is 0 Å². The number of nitriles is 1. The Morgan fingerprint density at radius 3 is 2.75 bits per heavy atom. The van der Waals surface area contributed by atoms with Gasteiger partial charge in [-0.3, -0.25) is 4.98 Å². The zero-order valence-electron chi connectivity index (χ0n) is 15.5. The van der Waals surface area contributed by atoms with Gasteiger partial charge in [0, 0.05) is 19.3 Å². The van der Waals surface area contributed by atoms with Gasteiger partial charge in [-0.15, -0.1) is 12.4 Å². The van der Waals surface area contributed by atoms with E-state index in [0.29, 0.717) is 25.1 Å². The third kappa shape index (κ3) is 3.53. The predicted molar refractivity (Wildman–Crippen MR) is 109 cm³/mol. The van der Waals surface area contributed by atoms with Crippen LogP contribution in [-0.2, 0) is 0 Å². The van der Waals surface area contributed by atoms with E-state index in [1.54, 1.807) is 12.3 Å². The van der Waals surface area contributed by atoms with Gasteiger partial charge in [-0.2, -0.15) is 5.26 Å². The van der Waals surface area contributed by atoms with Gasteiger partial charge in [-0.1, -0.05) is 12.1 Å². The van der Waals surface area contributed by atoms with E-state index in [4.69, 9.17) is 16.0 Å². The van der Waals surface area contributed by atoms with Crippen molar-refractivity contribution in [2.75, 3.05) is 18.0 Å². The van der Waals surface area contributed by atoms with Crippen LogP contribution in [0.2, 0.25) is 0 Å². The maximum absolute atomic E-state index is 13.9. The number of piperidine rings is 1. The second-order valence-corrected chi connectivity index (χ2v) is 6.94. The van der Waals surface area contributed by atoms with Crippen molar-refractivity contribution in [3.05, 3.63) is 53.9 Å². The van der Waals surface area contributed by atoms with Crippen LogP contribution < -0.4 is 10.6 Å². The summed E-state index contributed by atoms with van der Waals surface area (Å²) in [5.41, 5.74) is 9.20. The monoisotopic (exact) mass is 400 g/mol. The van der Waals surface area contributed by atoms with Crippen molar-refractivity contribution in [3.63, 3.8) is 0 Å². The molecule has 3 aromatic rings. The van der Waals surface area contributed by atoms with Gasteiger partial charge < -0.3 is 15.2 Å². The van der Waals surface area contributed by atoms with Gasteiger partial charge in [-0.25, -0.2) is 9.37 Å². The van der Waals surface area contributed by atoms with Gasteiger partial charge in [-0.05, 0) is 37.6 Å². The molecule has 146 valence electrons. The van der Waals surface area contributed by atoms with Gasteiger partial charge >= 0.3 is 0 Å². The number of halogens is 2. The van der Waals surface area contributed by atoms with Gasteiger partial charge in [0.15, 0.2) is 0 Å². The van der Waals surface area contributed by atoms with Crippen LogP contribution in [0.1, 0.15) is 30.6 Å². The first-order valence-corrected chi connectivity index (χ1v) is 9.06. The zero-order valence-corrected chi connectivity index (χ0v) is 16.3. The number of hydrogen-bond acceptors (Lipinski definition) is 5. The van der Waals surface area contributed by atoms with Crippen LogP contribution in [0, 0.1) is 11.3 Å². The Balaban J connectivity index is 0.00000225. The molecule has 1 aliphatic heterocycles. The number of pyridine rings is 1. The van der Waals surface area contributed by atoms with Crippen molar-refractivity contribution in [2.45, 2.75) is 31.6 Å². The van der Waals surface area contributed by atoms with Crippen molar-refractivity contribution in [3.8, 4) is 6.07 Å². The van der Waals surface area contributed by atoms with Crippen LogP contribution in [0.5, 0.6) is 0 Å². The predicted octanol–water partition coefficient (Wildman–Crippen LogP) is 3.21. The summed E-state index contributed by atoms with van der Waals surface area (Å²) in [5, 5.41) is 9.00. The quantitative estimate of drug-likeness (QED) is 0.729. The molecule has 1 aromatic carbocycles. The van der Waals surface area contributed by atoms with Crippen molar-refractivity contribution in [1.82, 2.24) is 14.5 Å². The molecule has 1 aliphatic rings. The second kappa shape index (κ2) is 8.13. The highest BCUT2D eigenvalue weighted by molar-refractivity contribution is 5.85. The average molecular weight is 401 g/mol. The number of fused-ring (bicyclic) bond motifs is 1. The SMILES string of the molecule is C[C@@H](c1ccc(C#N)cn1)n1c(N2CC[C@@H](F)[C@H](N)C2)nc2ccccc21.Cl. The molecule has 0 unspecified atom stereocenters. The number of nitrogens with two attached hydrogens (primary N) is 1. The highest BCUT2D eigenvalue weighted by atomic mass is 35.5. The van der Waals surface area contributed by atoms with E-state index in [2.05, 4.69) is 20.5 Å². The fourth-order valence-corrected chi connectivity index (χ4v) is 3.62. The Labute approximate surface area is 169 Å². The van der Waals surface area contributed by atoms with Crippen molar-refractivity contribution in [2.24, 2.45) is 5.73 Å². The molecule has 0 aliphatic carbocycles. The lowest BCUT2D eigenvalue weighted by molar-refractivity contribution is 0.243. The average Bonchev–Trinajstić information content (AvgIpc) is 3.09. The summed E-state index contributed by atoms with van der Waals surface area (Å²) in [6, 6.07) is 13.0. The molecule has 0 saturated carbocycles. The van der Waals surface area contributed by atoms with Crippen LogP contribution in [0.3, 0.4) is 0 Å². The van der Waals surface area contributed by atoms with Crippen molar-refractivity contribution < 1.29 is 4.39 Å². The lowest BCUT2D eigenvalue weighted by atomic mass is 10.1. The molecule has 6 nitrogen and oxygen atoms in total. The topological polar surface area (TPSA) is 83.8 Å². The molecular weight excluding hydrogens is 379 g/mol. The van der Waals surface area contributed by atoms with E-state index in [9.17, 15) is 4.39 Å². The first kappa shape index (κ1) is 20.1. The highest BCUT2D eigenvalue weighted by Gasteiger charge is 2.30. The summed E-state index contributed by atoms with van der Waals surface area (Å²) < 4.78 is 16.0. The number of imidazole rings is 1. The second-order valence-electron chi connectivity index (χ2n) is 6.94. The molecule has 0 radical (unpaired) electrons.